The Kier molecular flexibility index (Phi) is 5.41. The van der Waals surface area contributed by atoms with Gasteiger partial charge in [-0.25, -0.2) is 13.8 Å². The number of carbonyl (C=O) groups excluding carboxylic acids is 1. The number of nitrogens with zero attached hydrogens (tertiary/aromatic N) is 2. The monoisotopic (exact) mass is 453 g/mol. The minimum atomic E-state index is -1.13. The van der Waals surface area contributed by atoms with Crippen molar-refractivity contribution in [3.8, 4) is 22.3 Å². The van der Waals surface area contributed by atoms with Crippen molar-refractivity contribution in [2.45, 2.75) is 6.42 Å². The molecule has 3 aromatic rings. The molecule has 1 saturated heterocycles. The molecule has 33 heavy (non-hydrogen) atoms. The van der Waals surface area contributed by atoms with Crippen LogP contribution in [0.15, 0.2) is 36.4 Å². The van der Waals surface area contributed by atoms with Gasteiger partial charge in [-0.3, -0.25) is 4.79 Å². The number of aromatic nitrogens is 1. The number of anilines is 2. The van der Waals surface area contributed by atoms with E-state index in [1.807, 2.05) is 0 Å². The van der Waals surface area contributed by atoms with Crippen LogP contribution in [-0.2, 0) is 6.42 Å². The van der Waals surface area contributed by atoms with E-state index in [0.29, 0.717) is 55.8 Å². The van der Waals surface area contributed by atoms with E-state index < -0.39 is 17.6 Å². The number of amides is 1. The quantitative estimate of drug-likeness (QED) is 0.531. The minimum absolute atomic E-state index is 0.0743. The van der Waals surface area contributed by atoms with Crippen LogP contribution < -0.4 is 21.3 Å². The predicted octanol–water partition coefficient (Wildman–Crippen LogP) is 3.11. The molecule has 2 aliphatic heterocycles. The van der Waals surface area contributed by atoms with Gasteiger partial charge < -0.3 is 21.3 Å². The number of nitrogens with one attached hydrogen (secondary N) is 2. The summed E-state index contributed by atoms with van der Waals surface area (Å²) in [5.74, 6) is -3.37. The molecule has 2 aromatic carbocycles. The molecule has 0 atom stereocenters. The molecule has 0 unspecified atom stereocenters. The first-order chi connectivity index (χ1) is 15.9. The zero-order chi connectivity index (χ0) is 23.1. The maximum atomic E-state index is 15.1. The summed E-state index contributed by atoms with van der Waals surface area (Å²) in [7, 11) is 0. The molecule has 0 spiro atoms. The molecule has 1 fully saturated rings. The molecule has 2 aliphatic rings. The lowest BCUT2D eigenvalue weighted by molar-refractivity contribution is 0.0946. The van der Waals surface area contributed by atoms with Gasteiger partial charge in [0.1, 0.15) is 5.82 Å². The average Bonchev–Trinajstić information content (AvgIpc) is 2.82. The van der Waals surface area contributed by atoms with E-state index in [1.54, 1.807) is 23.1 Å². The fraction of sp³-hybridized carbons (Fsp3) is 0.250. The second kappa shape index (κ2) is 8.40. The first kappa shape index (κ1) is 21.3. The van der Waals surface area contributed by atoms with Gasteiger partial charge in [0.25, 0.3) is 5.91 Å². The van der Waals surface area contributed by atoms with Gasteiger partial charge in [-0.15, -0.1) is 0 Å². The summed E-state index contributed by atoms with van der Waals surface area (Å²) in [5.41, 5.74) is 8.12. The lowest BCUT2D eigenvalue weighted by atomic mass is 9.94. The maximum Gasteiger partial charge on any atom is 0.251 e. The maximum absolute atomic E-state index is 15.1. The number of fused-ring (bicyclic) bond motifs is 1. The summed E-state index contributed by atoms with van der Waals surface area (Å²) >= 11 is 0. The van der Waals surface area contributed by atoms with Crippen LogP contribution in [0.1, 0.15) is 15.9 Å². The predicted molar refractivity (Wildman–Crippen MR) is 121 cm³/mol. The van der Waals surface area contributed by atoms with Crippen LogP contribution in [0.3, 0.4) is 0 Å². The number of hydrogen-bond donors (Lipinski definition) is 3. The Hall–Kier alpha value is -3.59. The first-order valence-corrected chi connectivity index (χ1v) is 10.8. The number of nitrogen functional groups attached to an aromatic ring is 1. The molecule has 0 bridgehead atoms. The van der Waals surface area contributed by atoms with Crippen LogP contribution in [-0.4, -0.2) is 43.6 Å². The Labute approximate surface area is 188 Å². The van der Waals surface area contributed by atoms with Crippen LogP contribution >= 0.6 is 0 Å². The van der Waals surface area contributed by atoms with Gasteiger partial charge in [0.05, 0.1) is 5.69 Å². The van der Waals surface area contributed by atoms with Crippen molar-refractivity contribution in [3.63, 3.8) is 0 Å². The molecule has 1 aromatic heterocycles. The van der Waals surface area contributed by atoms with Crippen LogP contribution in [0.25, 0.3) is 22.3 Å². The Balaban J connectivity index is 1.57. The lowest BCUT2D eigenvalue weighted by Gasteiger charge is -2.30. The highest BCUT2D eigenvalue weighted by Crippen LogP contribution is 2.36. The number of carbonyl (C=O) groups is 1. The van der Waals surface area contributed by atoms with Gasteiger partial charge in [0, 0.05) is 55.0 Å². The van der Waals surface area contributed by atoms with Crippen molar-refractivity contribution in [1.29, 1.82) is 0 Å². The van der Waals surface area contributed by atoms with E-state index in [-0.39, 0.29) is 28.5 Å². The highest BCUT2D eigenvalue weighted by Gasteiger charge is 2.24. The summed E-state index contributed by atoms with van der Waals surface area (Å²) in [5, 5.41) is 5.94. The summed E-state index contributed by atoms with van der Waals surface area (Å²) in [4.78, 5) is 17.5. The van der Waals surface area contributed by atoms with Gasteiger partial charge in [0.15, 0.2) is 11.6 Å². The fourth-order valence-corrected chi connectivity index (χ4v) is 4.42. The third kappa shape index (κ3) is 3.78. The van der Waals surface area contributed by atoms with Crippen LogP contribution in [0, 0.1) is 17.6 Å². The smallest absolute Gasteiger partial charge is 0.251 e. The molecule has 170 valence electrons. The third-order valence-electron chi connectivity index (χ3n) is 6.16. The van der Waals surface area contributed by atoms with Crippen LogP contribution in [0.5, 0.6) is 0 Å². The van der Waals surface area contributed by atoms with E-state index in [2.05, 4.69) is 15.6 Å². The minimum Gasteiger partial charge on any atom is -0.383 e. The van der Waals surface area contributed by atoms with Crippen molar-refractivity contribution in [2.75, 3.05) is 43.4 Å². The van der Waals surface area contributed by atoms with Gasteiger partial charge in [-0.1, -0.05) is 12.1 Å². The van der Waals surface area contributed by atoms with E-state index in [9.17, 15) is 13.6 Å². The summed E-state index contributed by atoms with van der Waals surface area (Å²) in [6.07, 6.45) is 0.642. The molecule has 6 nitrogen and oxygen atoms in total. The Morgan fingerprint density at radius 3 is 2.42 bits per heavy atom. The molecule has 0 aliphatic carbocycles. The molecular formula is C24H22F3N5O. The number of pyridine rings is 1. The van der Waals surface area contributed by atoms with Crippen molar-refractivity contribution >= 4 is 17.4 Å². The van der Waals surface area contributed by atoms with Crippen LogP contribution in [0.2, 0.25) is 0 Å². The molecule has 0 saturated carbocycles. The standard InChI is InChI=1S/C24H22F3N5O/c25-20-16(3-4-19(21(20)26)32-9-7-29-8-10-32)18-12-17(23(28)31-22(18)27)13-1-2-15-14(11-13)5-6-30-24(15)33/h1-4,11-12,29H,5-10H2,(H2,28,31)(H,30,33). The van der Waals surface area contributed by atoms with Gasteiger partial charge in [-0.2, -0.15) is 4.39 Å². The van der Waals surface area contributed by atoms with E-state index in [0.717, 1.165) is 5.56 Å². The number of rotatable bonds is 3. The number of nitrogens with two attached hydrogens (primary N) is 1. The zero-order valence-corrected chi connectivity index (χ0v) is 17.7. The second-order valence-corrected chi connectivity index (χ2v) is 8.13. The summed E-state index contributed by atoms with van der Waals surface area (Å²) in [6.45, 7) is 2.96. The normalized spacial score (nSPS) is 15.8. The van der Waals surface area contributed by atoms with Gasteiger partial charge >= 0.3 is 0 Å². The highest BCUT2D eigenvalue weighted by atomic mass is 19.2. The molecule has 5 rings (SSSR count). The van der Waals surface area contributed by atoms with E-state index in [1.165, 1.54) is 18.2 Å². The second-order valence-electron chi connectivity index (χ2n) is 8.13. The summed E-state index contributed by atoms with van der Waals surface area (Å²) < 4.78 is 44.8. The Morgan fingerprint density at radius 2 is 1.64 bits per heavy atom. The molecule has 0 radical (unpaired) electrons. The van der Waals surface area contributed by atoms with Crippen molar-refractivity contribution in [2.24, 2.45) is 0 Å². The third-order valence-corrected chi connectivity index (χ3v) is 6.16. The molecule has 4 N–H and O–H groups in total. The fourth-order valence-electron chi connectivity index (χ4n) is 4.42. The van der Waals surface area contributed by atoms with Gasteiger partial charge in [0.2, 0.25) is 5.95 Å². The number of benzene rings is 2. The van der Waals surface area contributed by atoms with Crippen molar-refractivity contribution < 1.29 is 18.0 Å². The largest absolute Gasteiger partial charge is 0.383 e. The lowest BCUT2D eigenvalue weighted by Crippen LogP contribution is -2.44. The SMILES string of the molecule is Nc1nc(F)c(-c2ccc(N3CCNCC3)c(F)c2F)cc1-c1ccc2c(c1)CCNC2=O. The van der Waals surface area contributed by atoms with Gasteiger partial charge in [-0.05, 0) is 41.8 Å². The Bertz CT molecular complexity index is 1260. The van der Waals surface area contributed by atoms with E-state index >= 15 is 4.39 Å². The molecule has 9 heteroatoms. The number of halogens is 3. The Morgan fingerprint density at radius 1 is 0.879 bits per heavy atom. The molecular weight excluding hydrogens is 431 g/mol. The zero-order valence-electron chi connectivity index (χ0n) is 17.7. The first-order valence-electron chi connectivity index (χ1n) is 10.8. The van der Waals surface area contributed by atoms with Crippen molar-refractivity contribution in [1.82, 2.24) is 15.6 Å². The molecule has 3 heterocycles. The number of hydrogen-bond acceptors (Lipinski definition) is 5. The van der Waals surface area contributed by atoms with Crippen molar-refractivity contribution in [3.05, 3.63) is 65.1 Å². The average molecular weight is 453 g/mol. The van der Waals surface area contributed by atoms with Crippen LogP contribution in [0.4, 0.5) is 24.7 Å². The molecule has 1 amide bonds. The number of piperazine rings is 1. The van der Waals surface area contributed by atoms with E-state index in [4.69, 9.17) is 5.73 Å². The highest BCUT2D eigenvalue weighted by molar-refractivity contribution is 5.97. The topological polar surface area (TPSA) is 83.3 Å². The summed E-state index contributed by atoms with van der Waals surface area (Å²) in [6, 6.07) is 9.37.